The molecule has 0 saturated heterocycles. The minimum atomic E-state index is -0.871. The van der Waals surface area contributed by atoms with Crippen LogP contribution in [-0.4, -0.2) is 49.1 Å². The van der Waals surface area contributed by atoms with Crippen LogP contribution in [0, 0.1) is 5.82 Å². The molecule has 2 heterocycles. The Morgan fingerprint density at radius 2 is 2.00 bits per heavy atom. The molecule has 3 aromatic rings. The van der Waals surface area contributed by atoms with Gasteiger partial charge in [-0.15, -0.1) is 0 Å². The fourth-order valence-electron chi connectivity index (χ4n) is 2.79. The average molecular weight is 558 g/mol. The van der Waals surface area contributed by atoms with E-state index in [1.165, 1.54) is 24.0 Å². The summed E-state index contributed by atoms with van der Waals surface area (Å²) < 4.78 is 30.0. The molecule has 182 valence electrons. The van der Waals surface area contributed by atoms with Gasteiger partial charge in [0.15, 0.2) is 10.8 Å². The van der Waals surface area contributed by atoms with Crippen LogP contribution in [0.3, 0.4) is 0 Å². The Kier molecular flexibility index (Phi) is 7.92. The summed E-state index contributed by atoms with van der Waals surface area (Å²) in [6.07, 6.45) is -0.314. The van der Waals surface area contributed by atoms with Gasteiger partial charge in [0, 0.05) is 19.2 Å². The number of rotatable bonds is 7. The summed E-state index contributed by atoms with van der Waals surface area (Å²) in [6, 6.07) is 3.86. The van der Waals surface area contributed by atoms with Gasteiger partial charge in [-0.25, -0.2) is 23.2 Å². The van der Waals surface area contributed by atoms with Crippen molar-refractivity contribution in [3.05, 3.63) is 39.0 Å². The third-order valence-electron chi connectivity index (χ3n) is 4.15. The molecule has 2 aromatic heterocycles. The number of benzene rings is 1. The van der Waals surface area contributed by atoms with Crippen LogP contribution in [0.15, 0.2) is 36.6 Å². The third kappa shape index (κ3) is 6.11. The number of anilines is 1. The fourth-order valence-corrected chi connectivity index (χ4v) is 3.72. The molecule has 0 atom stereocenters. The monoisotopic (exact) mass is 557 g/mol. The molecule has 0 radical (unpaired) electrons. The van der Waals surface area contributed by atoms with Gasteiger partial charge in [0.25, 0.3) is 0 Å². The summed E-state index contributed by atoms with van der Waals surface area (Å²) in [4.78, 5) is 37.8. The molecule has 14 heteroatoms. The van der Waals surface area contributed by atoms with E-state index in [-0.39, 0.29) is 39.2 Å². The highest BCUT2D eigenvalue weighted by molar-refractivity contribution is 9.10. The van der Waals surface area contributed by atoms with Crippen molar-refractivity contribution in [3.8, 4) is 17.2 Å². The fraction of sp³-hybridized carbons (Fsp3) is 0.400. The van der Waals surface area contributed by atoms with E-state index in [1.54, 1.807) is 20.8 Å². The second kappa shape index (κ2) is 10.5. The maximum absolute atomic E-state index is 13.7. The summed E-state index contributed by atoms with van der Waals surface area (Å²) in [5, 5.41) is 11.4. The molecular formula is C20H21BrFN5O6S. The number of amides is 1. The van der Waals surface area contributed by atoms with Crippen molar-refractivity contribution < 1.29 is 27.9 Å². The van der Waals surface area contributed by atoms with Gasteiger partial charge in [-0.05, 0) is 71.6 Å². The second-order valence-electron chi connectivity index (χ2n) is 7.97. The van der Waals surface area contributed by atoms with Gasteiger partial charge in [-0.1, -0.05) is 16.9 Å². The van der Waals surface area contributed by atoms with Crippen LogP contribution in [0.25, 0.3) is 17.2 Å². The Morgan fingerprint density at radius 1 is 1.26 bits per heavy atom. The zero-order valence-corrected chi connectivity index (χ0v) is 21.1. The van der Waals surface area contributed by atoms with Crippen molar-refractivity contribution >= 4 is 44.7 Å². The Morgan fingerprint density at radius 3 is 2.65 bits per heavy atom. The SMILES string of the molecule is CC(=O)SCCCN(C(=O)OC(C)(C)C)c1nonc1-c1noc(=O)n1-c1ccc(F)c(Br)c1. The van der Waals surface area contributed by atoms with E-state index in [9.17, 15) is 18.8 Å². The average Bonchev–Trinajstić information content (AvgIpc) is 3.35. The first-order chi connectivity index (χ1) is 16.0. The van der Waals surface area contributed by atoms with Gasteiger partial charge >= 0.3 is 11.8 Å². The van der Waals surface area contributed by atoms with E-state index < -0.39 is 23.3 Å². The number of ether oxygens (including phenoxy) is 1. The molecule has 1 amide bonds. The van der Waals surface area contributed by atoms with E-state index in [4.69, 9.17) is 13.9 Å². The number of aromatic nitrogens is 4. The second-order valence-corrected chi connectivity index (χ2v) is 10.1. The predicted octanol–water partition coefficient (Wildman–Crippen LogP) is 4.19. The van der Waals surface area contributed by atoms with Crippen molar-refractivity contribution in [2.24, 2.45) is 0 Å². The molecule has 0 unspecified atom stereocenters. The highest BCUT2D eigenvalue weighted by Crippen LogP contribution is 2.29. The van der Waals surface area contributed by atoms with Gasteiger partial charge in [0.1, 0.15) is 11.4 Å². The first-order valence-electron chi connectivity index (χ1n) is 9.99. The maximum atomic E-state index is 13.7. The van der Waals surface area contributed by atoms with Crippen molar-refractivity contribution in [3.63, 3.8) is 0 Å². The van der Waals surface area contributed by atoms with Crippen molar-refractivity contribution in [2.45, 2.75) is 39.7 Å². The van der Waals surface area contributed by atoms with Crippen molar-refractivity contribution in [1.29, 1.82) is 0 Å². The van der Waals surface area contributed by atoms with E-state index in [0.29, 0.717) is 12.2 Å². The highest BCUT2D eigenvalue weighted by atomic mass is 79.9. The topological polar surface area (TPSA) is 134 Å². The Labute approximate surface area is 205 Å². The molecule has 0 aliphatic carbocycles. The van der Waals surface area contributed by atoms with Gasteiger partial charge in [-0.3, -0.25) is 14.2 Å². The Balaban J connectivity index is 2.02. The standard InChI is InChI=1S/C20H21BrFN5O6S/c1-11(28)34-9-5-8-26(18(29)31-20(2,3)4)16-15(23-33-25-16)17-24-32-19(30)27(17)12-6-7-14(22)13(21)10-12/h6-7,10H,5,8-9H2,1-4H3. The minimum Gasteiger partial charge on any atom is -0.443 e. The molecule has 11 nitrogen and oxygen atoms in total. The molecule has 34 heavy (non-hydrogen) atoms. The number of hydrogen-bond acceptors (Lipinski definition) is 10. The molecule has 3 rings (SSSR count). The lowest BCUT2D eigenvalue weighted by Crippen LogP contribution is -2.38. The summed E-state index contributed by atoms with van der Waals surface area (Å²) in [7, 11) is 0. The largest absolute Gasteiger partial charge is 0.446 e. The summed E-state index contributed by atoms with van der Waals surface area (Å²) >= 11 is 4.19. The van der Waals surface area contributed by atoms with Crippen LogP contribution in [-0.2, 0) is 9.53 Å². The third-order valence-corrected chi connectivity index (χ3v) is 5.66. The molecule has 0 fully saturated rings. The van der Waals surface area contributed by atoms with E-state index in [1.807, 2.05) is 0 Å². The van der Waals surface area contributed by atoms with Crippen LogP contribution in [0.2, 0.25) is 0 Å². The van der Waals surface area contributed by atoms with E-state index in [0.717, 1.165) is 22.4 Å². The zero-order chi connectivity index (χ0) is 25.0. The van der Waals surface area contributed by atoms with Gasteiger partial charge in [0.2, 0.25) is 11.6 Å². The molecule has 0 spiro atoms. The Bertz CT molecular complexity index is 1250. The number of carbonyl (C=O) groups excluding carboxylic acids is 2. The first kappa shape index (κ1) is 25.6. The molecule has 0 saturated carbocycles. The lowest BCUT2D eigenvalue weighted by atomic mass is 10.2. The minimum absolute atomic E-state index is 0.0512. The lowest BCUT2D eigenvalue weighted by molar-refractivity contribution is -0.109. The van der Waals surface area contributed by atoms with Crippen LogP contribution >= 0.6 is 27.7 Å². The zero-order valence-electron chi connectivity index (χ0n) is 18.7. The maximum Gasteiger partial charge on any atom is 0.446 e. The van der Waals surface area contributed by atoms with Gasteiger partial charge < -0.3 is 4.74 Å². The Hall–Kier alpha value is -3.00. The molecule has 0 aliphatic heterocycles. The molecule has 1 aromatic carbocycles. The summed E-state index contributed by atoms with van der Waals surface area (Å²) in [5.41, 5.74) is -0.654. The molecular weight excluding hydrogens is 537 g/mol. The van der Waals surface area contributed by atoms with Gasteiger partial charge in [-0.2, -0.15) is 0 Å². The van der Waals surface area contributed by atoms with Gasteiger partial charge in [0.05, 0.1) is 10.2 Å². The van der Waals surface area contributed by atoms with Crippen LogP contribution in [0.4, 0.5) is 15.0 Å². The molecule has 0 aliphatic rings. The number of hydrogen-bond donors (Lipinski definition) is 0. The predicted molar refractivity (Wildman–Crippen MR) is 124 cm³/mol. The smallest absolute Gasteiger partial charge is 0.443 e. The van der Waals surface area contributed by atoms with Crippen LogP contribution in [0.1, 0.15) is 34.1 Å². The first-order valence-corrected chi connectivity index (χ1v) is 11.8. The quantitative estimate of drug-likeness (QED) is 0.389. The van der Waals surface area contributed by atoms with Crippen LogP contribution < -0.4 is 10.7 Å². The normalized spacial score (nSPS) is 11.5. The van der Waals surface area contributed by atoms with E-state index in [2.05, 4.69) is 31.4 Å². The number of thioether (sulfide) groups is 1. The lowest BCUT2D eigenvalue weighted by Gasteiger charge is -2.25. The number of halogens is 2. The highest BCUT2D eigenvalue weighted by Gasteiger charge is 2.32. The van der Waals surface area contributed by atoms with Crippen molar-refractivity contribution in [2.75, 3.05) is 17.2 Å². The van der Waals surface area contributed by atoms with Crippen molar-refractivity contribution in [1.82, 2.24) is 20.0 Å². The number of nitrogens with zero attached hydrogens (tertiary/aromatic N) is 5. The van der Waals surface area contributed by atoms with E-state index >= 15 is 0 Å². The summed E-state index contributed by atoms with van der Waals surface area (Å²) in [5.74, 6) is -1.13. The summed E-state index contributed by atoms with van der Waals surface area (Å²) in [6.45, 7) is 6.68. The number of carbonyl (C=O) groups is 2. The van der Waals surface area contributed by atoms with Crippen LogP contribution in [0.5, 0.6) is 0 Å². The molecule has 0 N–H and O–H groups in total. The molecule has 0 bridgehead atoms.